The molecule has 0 aliphatic heterocycles. The Morgan fingerprint density at radius 3 is 2.50 bits per heavy atom. The highest BCUT2D eigenvalue weighted by Crippen LogP contribution is 2.39. The van der Waals surface area contributed by atoms with Crippen LogP contribution in [0.25, 0.3) is 22.1 Å². The highest BCUT2D eigenvalue weighted by molar-refractivity contribution is 5.91. The average Bonchev–Trinajstić information content (AvgIpc) is 2.97. The molecule has 1 saturated carbocycles. The Hall–Kier alpha value is -1.84. The van der Waals surface area contributed by atoms with Crippen LogP contribution < -0.4 is 0 Å². The van der Waals surface area contributed by atoms with Crippen molar-refractivity contribution in [3.05, 3.63) is 23.8 Å². The van der Waals surface area contributed by atoms with Crippen LogP contribution >= 0.6 is 0 Å². The second-order valence-corrected chi connectivity index (χ2v) is 5.56. The molecule has 0 unspecified atom stereocenters. The smallest absolute Gasteiger partial charge is 0.110 e. The summed E-state index contributed by atoms with van der Waals surface area (Å²) in [4.78, 5) is 16.1. The van der Waals surface area contributed by atoms with E-state index in [1.165, 1.54) is 12.8 Å². The third kappa shape index (κ3) is 1.45. The Labute approximate surface area is 105 Å². The van der Waals surface area contributed by atoms with Gasteiger partial charge in [0.15, 0.2) is 0 Å². The number of fused-ring (bicyclic) bond motifs is 2. The predicted octanol–water partition coefficient (Wildman–Crippen LogP) is 3.44. The fourth-order valence-corrected chi connectivity index (χ4v) is 2.38. The minimum absolute atomic E-state index is 0.422. The molecule has 0 spiro atoms. The Morgan fingerprint density at radius 1 is 1.06 bits per heavy atom. The molecular weight excluding hydrogens is 224 g/mol. The van der Waals surface area contributed by atoms with Crippen molar-refractivity contribution < 1.29 is 0 Å². The molecular formula is C14H16N4. The number of nitrogens with one attached hydrogen (secondary N) is 2. The molecule has 0 atom stereocenters. The maximum absolute atomic E-state index is 4.67. The Bertz CT molecular complexity index is 628. The fourth-order valence-electron chi connectivity index (χ4n) is 2.38. The third-order valence-corrected chi connectivity index (χ3v) is 3.63. The monoisotopic (exact) mass is 240 g/mol. The summed E-state index contributed by atoms with van der Waals surface area (Å²) in [6, 6.07) is 4.21. The number of hydrogen-bond donors (Lipinski definition) is 2. The van der Waals surface area contributed by atoms with E-state index in [1.54, 1.807) is 0 Å². The number of benzene rings is 1. The molecule has 2 N–H and O–H groups in total. The topological polar surface area (TPSA) is 57.4 Å². The number of hydrogen-bond acceptors (Lipinski definition) is 2. The van der Waals surface area contributed by atoms with Crippen LogP contribution in [0.5, 0.6) is 0 Å². The van der Waals surface area contributed by atoms with Crippen molar-refractivity contribution in [1.82, 2.24) is 19.9 Å². The van der Waals surface area contributed by atoms with Crippen molar-refractivity contribution >= 4 is 22.1 Å². The van der Waals surface area contributed by atoms with E-state index in [1.807, 2.05) is 0 Å². The van der Waals surface area contributed by atoms with Gasteiger partial charge in [-0.1, -0.05) is 13.8 Å². The predicted molar refractivity (Wildman–Crippen MR) is 71.8 cm³/mol. The minimum Gasteiger partial charge on any atom is -0.342 e. The van der Waals surface area contributed by atoms with Gasteiger partial charge in [-0.3, -0.25) is 0 Å². The number of rotatable bonds is 2. The normalized spacial score (nSPS) is 16.2. The fraction of sp³-hybridized carbons (Fsp3) is 0.429. The second kappa shape index (κ2) is 3.34. The van der Waals surface area contributed by atoms with Crippen LogP contribution in [0, 0.1) is 0 Å². The molecule has 1 fully saturated rings. The molecule has 1 aromatic carbocycles. The molecule has 0 bridgehead atoms. The van der Waals surface area contributed by atoms with E-state index in [2.05, 4.69) is 45.9 Å². The molecule has 4 nitrogen and oxygen atoms in total. The summed E-state index contributed by atoms with van der Waals surface area (Å²) in [5.74, 6) is 3.27. The molecule has 0 amide bonds. The molecule has 4 rings (SSSR count). The van der Waals surface area contributed by atoms with Gasteiger partial charge in [0.2, 0.25) is 0 Å². The standard InChI is InChI=1S/C14H16N4/c1-7(2)13-15-9-5-11-12(6-10(9)16-13)18-14(17-11)8-3-4-8/h5-8H,3-4H2,1-2H3,(H,15,16)(H,17,18). The van der Waals surface area contributed by atoms with Crippen molar-refractivity contribution in [3.8, 4) is 0 Å². The van der Waals surface area contributed by atoms with Crippen LogP contribution in [-0.2, 0) is 0 Å². The van der Waals surface area contributed by atoms with Gasteiger partial charge >= 0.3 is 0 Å². The quantitative estimate of drug-likeness (QED) is 0.721. The van der Waals surface area contributed by atoms with Gasteiger partial charge in [0.05, 0.1) is 22.1 Å². The van der Waals surface area contributed by atoms with Gasteiger partial charge < -0.3 is 9.97 Å². The SMILES string of the molecule is CC(C)c1nc2cc3nc(C4CC4)[nH]c3cc2[nH]1. The van der Waals surface area contributed by atoms with Crippen molar-refractivity contribution in [2.24, 2.45) is 0 Å². The first-order chi connectivity index (χ1) is 8.70. The molecule has 3 aromatic rings. The zero-order valence-electron chi connectivity index (χ0n) is 10.6. The van der Waals surface area contributed by atoms with Gasteiger partial charge in [0.25, 0.3) is 0 Å². The van der Waals surface area contributed by atoms with E-state index in [0.29, 0.717) is 11.8 Å². The van der Waals surface area contributed by atoms with E-state index in [0.717, 1.165) is 33.7 Å². The summed E-state index contributed by atoms with van der Waals surface area (Å²) in [6.45, 7) is 4.29. The lowest BCUT2D eigenvalue weighted by molar-refractivity contribution is 0.799. The van der Waals surface area contributed by atoms with E-state index in [4.69, 9.17) is 0 Å². The van der Waals surface area contributed by atoms with Crippen molar-refractivity contribution in [2.45, 2.75) is 38.5 Å². The summed E-state index contributed by atoms with van der Waals surface area (Å²) in [5, 5.41) is 0. The number of aromatic amines is 2. The van der Waals surface area contributed by atoms with Crippen molar-refractivity contribution in [2.75, 3.05) is 0 Å². The Balaban J connectivity index is 1.92. The molecule has 0 saturated heterocycles. The third-order valence-electron chi connectivity index (χ3n) is 3.63. The number of H-pyrrole nitrogens is 2. The number of imidazole rings is 2. The summed E-state index contributed by atoms with van der Waals surface area (Å²) in [7, 11) is 0. The number of aromatic nitrogens is 4. The maximum Gasteiger partial charge on any atom is 0.110 e. The zero-order chi connectivity index (χ0) is 12.3. The van der Waals surface area contributed by atoms with E-state index in [-0.39, 0.29) is 0 Å². The van der Waals surface area contributed by atoms with Gasteiger partial charge in [-0.15, -0.1) is 0 Å². The highest BCUT2D eigenvalue weighted by Gasteiger charge is 2.26. The Morgan fingerprint density at radius 2 is 1.78 bits per heavy atom. The first-order valence-electron chi connectivity index (χ1n) is 6.60. The van der Waals surface area contributed by atoms with Crippen LogP contribution in [0.15, 0.2) is 12.1 Å². The summed E-state index contributed by atoms with van der Waals surface area (Å²) < 4.78 is 0. The molecule has 1 aliphatic carbocycles. The van der Waals surface area contributed by atoms with Crippen LogP contribution in [0.3, 0.4) is 0 Å². The lowest BCUT2D eigenvalue weighted by atomic mass is 10.2. The van der Waals surface area contributed by atoms with Gasteiger partial charge in [-0.2, -0.15) is 0 Å². The Kier molecular flexibility index (Phi) is 1.88. The molecule has 18 heavy (non-hydrogen) atoms. The van der Waals surface area contributed by atoms with Crippen LogP contribution in [0.4, 0.5) is 0 Å². The highest BCUT2D eigenvalue weighted by atomic mass is 15.0. The summed E-state index contributed by atoms with van der Waals surface area (Å²) >= 11 is 0. The first-order valence-corrected chi connectivity index (χ1v) is 6.60. The van der Waals surface area contributed by atoms with Crippen LogP contribution in [0.1, 0.15) is 50.2 Å². The first kappa shape index (κ1) is 10.1. The zero-order valence-corrected chi connectivity index (χ0v) is 10.6. The van der Waals surface area contributed by atoms with Crippen LogP contribution in [-0.4, -0.2) is 19.9 Å². The summed E-state index contributed by atoms with van der Waals surface area (Å²) in [6.07, 6.45) is 2.54. The number of nitrogens with zero attached hydrogens (tertiary/aromatic N) is 2. The second-order valence-electron chi connectivity index (χ2n) is 5.56. The van der Waals surface area contributed by atoms with Gasteiger partial charge in [-0.25, -0.2) is 9.97 Å². The minimum atomic E-state index is 0.422. The summed E-state index contributed by atoms with van der Waals surface area (Å²) in [5.41, 5.74) is 4.26. The molecule has 2 aromatic heterocycles. The van der Waals surface area contributed by atoms with E-state index < -0.39 is 0 Å². The molecule has 4 heteroatoms. The van der Waals surface area contributed by atoms with E-state index >= 15 is 0 Å². The lowest BCUT2D eigenvalue weighted by Gasteiger charge is -1.95. The maximum atomic E-state index is 4.67. The van der Waals surface area contributed by atoms with Gasteiger partial charge in [0.1, 0.15) is 11.6 Å². The van der Waals surface area contributed by atoms with E-state index in [9.17, 15) is 0 Å². The average molecular weight is 240 g/mol. The molecule has 0 radical (unpaired) electrons. The lowest BCUT2D eigenvalue weighted by Crippen LogP contribution is -1.88. The van der Waals surface area contributed by atoms with Gasteiger partial charge in [-0.05, 0) is 25.0 Å². The molecule has 2 heterocycles. The van der Waals surface area contributed by atoms with Crippen molar-refractivity contribution in [1.29, 1.82) is 0 Å². The van der Waals surface area contributed by atoms with Crippen molar-refractivity contribution in [3.63, 3.8) is 0 Å². The van der Waals surface area contributed by atoms with Crippen LogP contribution in [0.2, 0.25) is 0 Å². The molecule has 92 valence electrons. The largest absolute Gasteiger partial charge is 0.342 e. The molecule has 1 aliphatic rings. The van der Waals surface area contributed by atoms with Gasteiger partial charge in [0, 0.05) is 11.8 Å².